The van der Waals surface area contributed by atoms with Crippen molar-refractivity contribution in [3.05, 3.63) is 64.4 Å². The zero-order chi connectivity index (χ0) is 19.3. The van der Waals surface area contributed by atoms with E-state index < -0.39 is 21.7 Å². The Morgan fingerprint density at radius 3 is 2.31 bits per heavy atom. The van der Waals surface area contributed by atoms with Crippen LogP contribution in [0.5, 0.6) is 0 Å². The molecular weight excluding hydrogens is 379 g/mol. The molecule has 5 nitrogen and oxygen atoms in total. The number of rotatable bonds is 7. The number of hydrogen-bond acceptors (Lipinski definition) is 3. The molecule has 2 rings (SSSR count). The number of hydrogen-bond donors (Lipinski definition) is 1. The highest BCUT2D eigenvalue weighted by atomic mass is 35.5. The maximum Gasteiger partial charge on any atom is 0.254 e. The van der Waals surface area contributed by atoms with E-state index in [9.17, 15) is 17.6 Å². The Kier molecular flexibility index (Phi) is 6.75. The van der Waals surface area contributed by atoms with Gasteiger partial charge in [0, 0.05) is 24.7 Å². The number of carbonyl (C=O) groups is 1. The number of amides is 1. The molecule has 0 unspecified atom stereocenters. The molecule has 1 N–H and O–H groups in total. The first-order valence-corrected chi connectivity index (χ1v) is 9.93. The van der Waals surface area contributed by atoms with Crippen molar-refractivity contribution in [2.75, 3.05) is 13.1 Å². The third-order valence-electron chi connectivity index (χ3n) is 3.89. The van der Waals surface area contributed by atoms with Gasteiger partial charge in [-0.05, 0) is 35.9 Å². The Morgan fingerprint density at radius 1 is 1.12 bits per heavy atom. The van der Waals surface area contributed by atoms with Crippen LogP contribution in [0.15, 0.2) is 47.4 Å². The molecule has 0 saturated heterocycles. The van der Waals surface area contributed by atoms with E-state index in [0.717, 1.165) is 6.07 Å². The van der Waals surface area contributed by atoms with E-state index in [-0.39, 0.29) is 22.0 Å². The van der Waals surface area contributed by atoms with E-state index in [1.54, 1.807) is 26.0 Å². The Labute approximate surface area is 157 Å². The van der Waals surface area contributed by atoms with Gasteiger partial charge in [-0.1, -0.05) is 37.6 Å². The van der Waals surface area contributed by atoms with Crippen molar-refractivity contribution in [3.8, 4) is 0 Å². The summed E-state index contributed by atoms with van der Waals surface area (Å²) in [6.45, 7) is 4.47. The number of benzene rings is 2. The molecule has 140 valence electrons. The highest BCUT2D eigenvalue weighted by Gasteiger charge is 2.21. The number of halogens is 2. The number of carbonyl (C=O) groups excluding carboxylic acids is 1. The van der Waals surface area contributed by atoms with Crippen molar-refractivity contribution in [2.24, 2.45) is 0 Å². The van der Waals surface area contributed by atoms with Gasteiger partial charge >= 0.3 is 0 Å². The summed E-state index contributed by atoms with van der Waals surface area (Å²) in [6, 6.07) is 9.97. The molecule has 0 aliphatic heterocycles. The summed E-state index contributed by atoms with van der Waals surface area (Å²) < 4.78 is 39.9. The molecule has 1 amide bonds. The molecule has 8 heteroatoms. The first kappa shape index (κ1) is 20.4. The third-order valence-corrected chi connectivity index (χ3v) is 6.19. The maximum atomic E-state index is 13.7. The van der Waals surface area contributed by atoms with Crippen LogP contribution in [-0.4, -0.2) is 31.7 Å². The van der Waals surface area contributed by atoms with Crippen LogP contribution in [0, 0.1) is 5.82 Å². The molecule has 2 aromatic carbocycles. The van der Waals surface area contributed by atoms with Gasteiger partial charge in [0.1, 0.15) is 5.82 Å². The van der Waals surface area contributed by atoms with Gasteiger partial charge in [-0.25, -0.2) is 12.8 Å². The van der Waals surface area contributed by atoms with Gasteiger partial charge in [0.15, 0.2) is 0 Å². The predicted molar refractivity (Wildman–Crippen MR) is 99.1 cm³/mol. The van der Waals surface area contributed by atoms with E-state index in [2.05, 4.69) is 5.32 Å². The van der Waals surface area contributed by atoms with Gasteiger partial charge in [0.05, 0.1) is 10.5 Å². The Hall–Kier alpha value is -1.96. The van der Waals surface area contributed by atoms with E-state index >= 15 is 0 Å². The van der Waals surface area contributed by atoms with Gasteiger partial charge in [0.25, 0.3) is 5.91 Å². The van der Waals surface area contributed by atoms with E-state index in [4.69, 9.17) is 11.6 Å². The standard InChI is InChI=1S/C18H20ClFN2O3S/c1-3-22(4-2)26(24,25)15-8-5-13(6-9-15)12-21-18(23)16-11-14(19)7-10-17(16)20/h5-11H,3-4,12H2,1-2H3,(H,21,23). The molecule has 0 heterocycles. The minimum Gasteiger partial charge on any atom is -0.348 e. The number of nitrogens with zero attached hydrogens (tertiary/aromatic N) is 1. The first-order valence-electron chi connectivity index (χ1n) is 8.12. The van der Waals surface area contributed by atoms with E-state index in [0.29, 0.717) is 18.7 Å². The molecule has 0 spiro atoms. The second-order valence-corrected chi connectivity index (χ2v) is 7.91. The molecule has 2 aromatic rings. The normalized spacial score (nSPS) is 11.6. The largest absolute Gasteiger partial charge is 0.348 e. The lowest BCUT2D eigenvalue weighted by Gasteiger charge is -2.18. The number of sulfonamides is 1. The van der Waals surface area contributed by atoms with E-state index in [1.165, 1.54) is 28.6 Å². The van der Waals surface area contributed by atoms with Crippen LogP contribution in [-0.2, 0) is 16.6 Å². The Bertz CT molecular complexity index is 882. The summed E-state index contributed by atoms with van der Waals surface area (Å²) in [4.78, 5) is 12.3. The molecule has 0 atom stereocenters. The van der Waals surface area contributed by atoms with Crippen molar-refractivity contribution >= 4 is 27.5 Å². The zero-order valence-electron chi connectivity index (χ0n) is 14.5. The van der Waals surface area contributed by atoms with Gasteiger partial charge in [-0.3, -0.25) is 4.79 Å². The zero-order valence-corrected chi connectivity index (χ0v) is 16.1. The molecule has 26 heavy (non-hydrogen) atoms. The predicted octanol–water partition coefficient (Wildman–Crippen LogP) is 3.44. The fourth-order valence-corrected chi connectivity index (χ4v) is 4.07. The SMILES string of the molecule is CCN(CC)S(=O)(=O)c1ccc(CNC(=O)c2cc(Cl)ccc2F)cc1. The van der Waals surface area contributed by atoms with Gasteiger partial charge in [0.2, 0.25) is 10.0 Å². The third kappa shape index (κ3) is 4.60. The highest BCUT2D eigenvalue weighted by Crippen LogP contribution is 2.17. The Morgan fingerprint density at radius 2 is 1.73 bits per heavy atom. The van der Waals surface area contributed by atoms with Crippen LogP contribution in [0.1, 0.15) is 29.8 Å². The van der Waals surface area contributed by atoms with Crippen LogP contribution in [0.3, 0.4) is 0 Å². The highest BCUT2D eigenvalue weighted by molar-refractivity contribution is 7.89. The maximum absolute atomic E-state index is 13.7. The lowest BCUT2D eigenvalue weighted by atomic mass is 10.2. The average molecular weight is 399 g/mol. The average Bonchev–Trinajstić information content (AvgIpc) is 2.63. The molecule has 0 aliphatic rings. The summed E-state index contributed by atoms with van der Waals surface area (Å²) in [5, 5.41) is 2.86. The smallest absolute Gasteiger partial charge is 0.254 e. The second-order valence-electron chi connectivity index (χ2n) is 5.54. The molecule has 0 fully saturated rings. The van der Waals surface area contributed by atoms with Gasteiger partial charge in [-0.15, -0.1) is 0 Å². The van der Waals surface area contributed by atoms with Crippen LogP contribution < -0.4 is 5.32 Å². The molecule has 0 aliphatic carbocycles. The van der Waals surface area contributed by atoms with Crippen molar-refractivity contribution in [1.29, 1.82) is 0 Å². The minimum absolute atomic E-state index is 0.135. The summed E-state index contributed by atoms with van der Waals surface area (Å²) >= 11 is 5.78. The van der Waals surface area contributed by atoms with E-state index in [1.807, 2.05) is 0 Å². The molecular formula is C18H20ClFN2O3S. The summed E-state index contributed by atoms with van der Waals surface area (Å²) in [7, 11) is -3.52. The fraction of sp³-hybridized carbons (Fsp3) is 0.278. The molecule has 0 bridgehead atoms. The quantitative estimate of drug-likeness (QED) is 0.776. The van der Waals surface area contributed by atoms with Crippen molar-refractivity contribution in [2.45, 2.75) is 25.3 Å². The molecule has 0 saturated carbocycles. The van der Waals surface area contributed by atoms with Crippen molar-refractivity contribution in [3.63, 3.8) is 0 Å². The van der Waals surface area contributed by atoms with Crippen LogP contribution in [0.4, 0.5) is 4.39 Å². The number of nitrogens with one attached hydrogen (secondary N) is 1. The van der Waals surface area contributed by atoms with Crippen molar-refractivity contribution in [1.82, 2.24) is 9.62 Å². The summed E-state index contributed by atoms with van der Waals surface area (Å²) in [5.41, 5.74) is 0.553. The first-order chi connectivity index (χ1) is 12.3. The topological polar surface area (TPSA) is 66.5 Å². The molecule has 0 radical (unpaired) electrons. The summed E-state index contributed by atoms with van der Waals surface area (Å²) in [6.07, 6.45) is 0. The van der Waals surface area contributed by atoms with Gasteiger partial charge in [-0.2, -0.15) is 4.31 Å². The Balaban J connectivity index is 2.08. The van der Waals surface area contributed by atoms with Gasteiger partial charge < -0.3 is 5.32 Å². The lowest BCUT2D eigenvalue weighted by Crippen LogP contribution is -2.30. The summed E-state index contributed by atoms with van der Waals surface area (Å²) in [5.74, 6) is -1.25. The van der Waals surface area contributed by atoms with Crippen LogP contribution in [0.25, 0.3) is 0 Å². The molecule has 0 aromatic heterocycles. The monoisotopic (exact) mass is 398 g/mol. The van der Waals surface area contributed by atoms with Crippen LogP contribution in [0.2, 0.25) is 5.02 Å². The minimum atomic E-state index is -3.52. The lowest BCUT2D eigenvalue weighted by molar-refractivity contribution is 0.0947. The van der Waals surface area contributed by atoms with Crippen LogP contribution >= 0.6 is 11.6 Å². The van der Waals surface area contributed by atoms with Crippen molar-refractivity contribution < 1.29 is 17.6 Å². The second kappa shape index (κ2) is 8.62. The fourth-order valence-electron chi connectivity index (χ4n) is 2.44.